The number of amides is 2. The number of nitrogens with zero attached hydrogens (tertiary/aromatic N) is 1. The van der Waals surface area contributed by atoms with Crippen molar-refractivity contribution in [3.05, 3.63) is 53.1 Å². The van der Waals surface area contributed by atoms with Crippen molar-refractivity contribution in [3.8, 4) is 5.75 Å². The first-order valence-corrected chi connectivity index (χ1v) is 8.93. The van der Waals surface area contributed by atoms with E-state index in [9.17, 15) is 9.59 Å². The molecule has 6 heteroatoms. The van der Waals surface area contributed by atoms with Crippen molar-refractivity contribution < 1.29 is 14.3 Å². The molecule has 0 radical (unpaired) electrons. The van der Waals surface area contributed by atoms with Crippen LogP contribution in [0.5, 0.6) is 5.75 Å². The van der Waals surface area contributed by atoms with Gasteiger partial charge in [0.25, 0.3) is 0 Å². The number of halogens is 1. The van der Waals surface area contributed by atoms with Crippen LogP contribution in [0.15, 0.2) is 42.5 Å². The quantitative estimate of drug-likeness (QED) is 0.865. The molecule has 2 amide bonds. The van der Waals surface area contributed by atoms with Crippen LogP contribution in [0, 0.1) is 5.92 Å². The third kappa shape index (κ3) is 3.83. The van der Waals surface area contributed by atoms with E-state index in [1.54, 1.807) is 23.1 Å². The van der Waals surface area contributed by atoms with E-state index in [2.05, 4.69) is 12.2 Å². The number of nitrogens with one attached hydrogen (secondary N) is 1. The lowest BCUT2D eigenvalue weighted by Crippen LogP contribution is -2.28. The highest BCUT2D eigenvalue weighted by molar-refractivity contribution is 6.31. The first-order valence-electron chi connectivity index (χ1n) is 8.55. The van der Waals surface area contributed by atoms with E-state index < -0.39 is 5.92 Å². The van der Waals surface area contributed by atoms with Crippen LogP contribution in [0.25, 0.3) is 0 Å². The summed E-state index contributed by atoms with van der Waals surface area (Å²) in [6, 6.07) is 12.8. The zero-order valence-corrected chi connectivity index (χ0v) is 15.5. The largest absolute Gasteiger partial charge is 0.495 e. The normalized spacial score (nSPS) is 16.7. The van der Waals surface area contributed by atoms with E-state index in [0.717, 1.165) is 17.7 Å². The summed E-state index contributed by atoms with van der Waals surface area (Å²) in [4.78, 5) is 26.6. The highest BCUT2D eigenvalue weighted by Gasteiger charge is 2.36. The van der Waals surface area contributed by atoms with Gasteiger partial charge >= 0.3 is 0 Å². The Balaban J connectivity index is 1.75. The van der Waals surface area contributed by atoms with Gasteiger partial charge in [-0.15, -0.1) is 0 Å². The Morgan fingerprint density at radius 1 is 1.31 bits per heavy atom. The molecule has 0 aromatic heterocycles. The fourth-order valence-corrected chi connectivity index (χ4v) is 3.27. The van der Waals surface area contributed by atoms with E-state index in [1.807, 2.05) is 24.3 Å². The molecule has 0 bridgehead atoms. The highest BCUT2D eigenvalue weighted by atomic mass is 35.5. The molecule has 26 heavy (non-hydrogen) atoms. The van der Waals surface area contributed by atoms with Crippen LogP contribution in [-0.2, 0) is 16.0 Å². The van der Waals surface area contributed by atoms with Gasteiger partial charge in [-0.1, -0.05) is 30.7 Å². The minimum absolute atomic E-state index is 0.118. The summed E-state index contributed by atoms with van der Waals surface area (Å²) in [5, 5.41) is 3.43. The molecular weight excluding hydrogens is 352 g/mol. The molecule has 0 unspecified atom stereocenters. The minimum atomic E-state index is -0.420. The van der Waals surface area contributed by atoms with Crippen LogP contribution in [0.3, 0.4) is 0 Å². The molecule has 1 aliphatic heterocycles. The van der Waals surface area contributed by atoms with Gasteiger partial charge in [-0.05, 0) is 42.3 Å². The monoisotopic (exact) mass is 372 g/mol. The lowest BCUT2D eigenvalue weighted by molar-refractivity contribution is -0.122. The van der Waals surface area contributed by atoms with Crippen molar-refractivity contribution in [1.82, 2.24) is 0 Å². The van der Waals surface area contributed by atoms with Crippen LogP contribution in [0.2, 0.25) is 5.02 Å². The first kappa shape index (κ1) is 18.3. The lowest BCUT2D eigenvalue weighted by Gasteiger charge is -2.20. The Bertz CT molecular complexity index is 838. The van der Waals surface area contributed by atoms with Crippen molar-refractivity contribution in [2.45, 2.75) is 19.8 Å². The zero-order chi connectivity index (χ0) is 18.7. The topological polar surface area (TPSA) is 58.6 Å². The predicted octanol–water partition coefficient (Wildman–Crippen LogP) is 3.90. The first-order chi connectivity index (χ1) is 12.5. The Morgan fingerprint density at radius 3 is 2.85 bits per heavy atom. The standard InChI is InChI=1S/C20H21ClN2O3/c1-3-13-5-4-6-16(9-13)22-20(25)14-10-19(24)23(12-14)17-11-15(21)7-8-18(17)26-2/h4-9,11,14H,3,10,12H2,1-2H3,(H,22,25)/t14-/m1/s1. The number of carbonyl (C=O) groups excluding carboxylic acids is 2. The van der Waals surface area contributed by atoms with Crippen molar-refractivity contribution >= 4 is 34.8 Å². The molecule has 1 fully saturated rings. The average molecular weight is 373 g/mol. The number of hydrogen-bond donors (Lipinski definition) is 1. The summed E-state index contributed by atoms with van der Waals surface area (Å²) in [5.41, 5.74) is 2.49. The highest BCUT2D eigenvalue weighted by Crippen LogP contribution is 2.35. The fourth-order valence-electron chi connectivity index (χ4n) is 3.10. The maximum Gasteiger partial charge on any atom is 0.229 e. The molecule has 1 heterocycles. The number of aryl methyl sites for hydroxylation is 1. The average Bonchev–Trinajstić information content (AvgIpc) is 3.03. The van der Waals surface area contributed by atoms with Gasteiger partial charge in [0.2, 0.25) is 11.8 Å². The molecule has 0 aliphatic carbocycles. The predicted molar refractivity (Wildman–Crippen MR) is 103 cm³/mol. The molecule has 1 N–H and O–H groups in total. The Kier molecular flexibility index (Phi) is 5.47. The maximum atomic E-state index is 12.6. The molecule has 5 nitrogen and oxygen atoms in total. The van der Waals surface area contributed by atoms with Gasteiger partial charge in [-0.3, -0.25) is 9.59 Å². The lowest BCUT2D eigenvalue weighted by atomic mass is 10.1. The molecule has 3 rings (SSSR count). The number of ether oxygens (including phenoxy) is 1. The second-order valence-electron chi connectivity index (χ2n) is 6.26. The molecular formula is C20H21ClN2O3. The second kappa shape index (κ2) is 7.79. The fraction of sp³-hybridized carbons (Fsp3) is 0.300. The molecule has 0 spiro atoms. The smallest absolute Gasteiger partial charge is 0.229 e. The third-order valence-corrected chi connectivity index (χ3v) is 4.77. The van der Waals surface area contributed by atoms with Crippen molar-refractivity contribution in [3.63, 3.8) is 0 Å². The third-order valence-electron chi connectivity index (χ3n) is 4.53. The number of hydrogen-bond acceptors (Lipinski definition) is 3. The van der Waals surface area contributed by atoms with E-state index in [4.69, 9.17) is 16.3 Å². The molecule has 2 aromatic carbocycles. The van der Waals surface area contributed by atoms with Gasteiger partial charge in [0.15, 0.2) is 0 Å². The molecule has 1 aliphatic rings. The van der Waals surface area contributed by atoms with E-state index in [-0.39, 0.29) is 18.2 Å². The number of benzene rings is 2. The summed E-state index contributed by atoms with van der Waals surface area (Å²) >= 11 is 6.06. The molecule has 1 atom stereocenters. The van der Waals surface area contributed by atoms with E-state index in [1.165, 1.54) is 7.11 Å². The van der Waals surface area contributed by atoms with Crippen LogP contribution in [-0.4, -0.2) is 25.5 Å². The van der Waals surface area contributed by atoms with Crippen molar-refractivity contribution in [2.75, 3.05) is 23.9 Å². The van der Waals surface area contributed by atoms with Gasteiger partial charge in [0.1, 0.15) is 5.75 Å². The zero-order valence-electron chi connectivity index (χ0n) is 14.8. The van der Waals surface area contributed by atoms with E-state index in [0.29, 0.717) is 23.0 Å². The summed E-state index contributed by atoms with van der Waals surface area (Å²) < 4.78 is 5.32. The van der Waals surface area contributed by atoms with Gasteiger partial charge < -0.3 is 15.0 Å². The molecule has 2 aromatic rings. The SMILES string of the molecule is CCc1cccc(NC(=O)[C@@H]2CC(=O)N(c3cc(Cl)ccc3OC)C2)c1. The number of rotatable bonds is 5. The van der Waals surface area contributed by atoms with Crippen molar-refractivity contribution in [2.24, 2.45) is 5.92 Å². The van der Waals surface area contributed by atoms with Gasteiger partial charge in [0.05, 0.1) is 18.7 Å². The maximum absolute atomic E-state index is 12.6. The van der Waals surface area contributed by atoms with E-state index >= 15 is 0 Å². The van der Waals surface area contributed by atoms with Gasteiger partial charge in [-0.2, -0.15) is 0 Å². The van der Waals surface area contributed by atoms with Gasteiger partial charge in [0, 0.05) is 23.7 Å². The van der Waals surface area contributed by atoms with Gasteiger partial charge in [-0.25, -0.2) is 0 Å². The Labute approximate surface area is 157 Å². The van der Waals surface area contributed by atoms with Crippen LogP contribution in [0.4, 0.5) is 11.4 Å². The number of anilines is 2. The summed E-state index contributed by atoms with van der Waals surface area (Å²) in [6.07, 6.45) is 1.06. The van der Waals surface area contributed by atoms with Crippen LogP contribution >= 0.6 is 11.6 Å². The Hall–Kier alpha value is -2.53. The molecule has 0 saturated carbocycles. The summed E-state index contributed by atoms with van der Waals surface area (Å²) in [5.74, 6) is -0.140. The number of carbonyl (C=O) groups is 2. The van der Waals surface area contributed by atoms with Crippen LogP contribution < -0.4 is 15.0 Å². The summed E-state index contributed by atoms with van der Waals surface area (Å²) in [7, 11) is 1.54. The van der Waals surface area contributed by atoms with Crippen LogP contribution in [0.1, 0.15) is 18.9 Å². The summed E-state index contributed by atoms with van der Waals surface area (Å²) in [6.45, 7) is 2.36. The van der Waals surface area contributed by atoms with Crippen molar-refractivity contribution in [1.29, 1.82) is 0 Å². The minimum Gasteiger partial charge on any atom is -0.495 e. The second-order valence-corrected chi connectivity index (χ2v) is 6.70. The molecule has 136 valence electrons. The molecule has 1 saturated heterocycles. The Morgan fingerprint density at radius 2 is 2.12 bits per heavy atom. The number of methoxy groups -OCH3 is 1.